The van der Waals surface area contributed by atoms with Crippen molar-refractivity contribution in [2.24, 2.45) is 0 Å². The molecule has 0 aromatic heterocycles. The summed E-state index contributed by atoms with van der Waals surface area (Å²) in [6.07, 6.45) is 1.56. The van der Waals surface area contributed by atoms with Crippen molar-refractivity contribution in [3.05, 3.63) is 161 Å². The maximum absolute atomic E-state index is 14.5. The third-order valence-corrected chi connectivity index (χ3v) is 10.6. The number of rotatable bonds is 10. The minimum atomic E-state index is -1.57. The molecular weight excluding hydrogens is 665 g/mol. The summed E-state index contributed by atoms with van der Waals surface area (Å²) in [5, 5.41) is 11.3. The monoisotopic (exact) mass is 708 g/mol. The highest BCUT2D eigenvalue weighted by molar-refractivity contribution is 5.90. The first-order valence-electron chi connectivity index (χ1n) is 18.3. The van der Waals surface area contributed by atoms with Crippen LogP contribution in [0.15, 0.2) is 127 Å². The number of phenolic OH excluding ortho intramolecular Hbond substituents is 1. The normalized spacial score (nSPS) is 15.4. The van der Waals surface area contributed by atoms with Gasteiger partial charge in [-0.25, -0.2) is 4.79 Å². The van der Waals surface area contributed by atoms with E-state index in [2.05, 4.69) is 12.1 Å². The zero-order chi connectivity index (χ0) is 37.0. The summed E-state index contributed by atoms with van der Waals surface area (Å²) < 4.78 is 12.6. The van der Waals surface area contributed by atoms with E-state index >= 15 is 0 Å². The summed E-state index contributed by atoms with van der Waals surface area (Å²) in [5.41, 5.74) is 5.41. The Kier molecular flexibility index (Phi) is 10.3. The van der Waals surface area contributed by atoms with Gasteiger partial charge in [0.25, 0.3) is 0 Å². The lowest BCUT2D eigenvalue weighted by Crippen LogP contribution is -2.52. The van der Waals surface area contributed by atoms with Crippen LogP contribution in [-0.4, -0.2) is 65.7 Å². The van der Waals surface area contributed by atoms with Crippen molar-refractivity contribution in [1.29, 1.82) is 0 Å². The van der Waals surface area contributed by atoms with Crippen molar-refractivity contribution < 1.29 is 29.0 Å². The van der Waals surface area contributed by atoms with Crippen molar-refractivity contribution >= 4 is 18.0 Å². The number of benzene rings is 5. The van der Waals surface area contributed by atoms with Crippen LogP contribution in [0.4, 0.5) is 4.79 Å². The molecule has 8 heteroatoms. The Morgan fingerprint density at radius 1 is 0.755 bits per heavy atom. The van der Waals surface area contributed by atoms with E-state index in [4.69, 9.17) is 9.47 Å². The Balaban J connectivity index is 1.20. The fourth-order valence-corrected chi connectivity index (χ4v) is 7.79. The highest BCUT2D eigenvalue weighted by Gasteiger charge is 2.44. The maximum atomic E-state index is 14.5. The molecule has 1 heterocycles. The average molecular weight is 709 g/mol. The lowest BCUT2D eigenvalue weighted by Gasteiger charge is -2.37. The standard InChI is InChI=1S/C45H44N2O6/c1-31-23-25-33(26-24-31)45(32-15-5-3-6-16-32,39-21-11-12-22-41(39)48)53-42(49)29-40(43(50)47-27-13-4-14-28-47)46(2)44(51)52-30-38-36-19-9-7-17-34(36)35-18-8-10-20-37(35)38/h3,5-12,15-26,38,40,48H,4,13-14,27-30H2,1-2H3/t40-,45?/m0/s1. The molecule has 2 amide bonds. The van der Waals surface area contributed by atoms with Gasteiger partial charge in [0.1, 0.15) is 18.4 Å². The SMILES string of the molecule is Cc1ccc(C(OC(=O)C[C@@H](C(=O)N2CCCCC2)N(C)C(=O)OCC2c3ccccc3-c3ccccc32)(c2ccccc2)c2ccccc2O)cc1. The molecule has 0 spiro atoms. The Bertz CT molecular complexity index is 2050. The second-order valence-electron chi connectivity index (χ2n) is 13.9. The number of fused-ring (bicyclic) bond motifs is 3. The van der Waals surface area contributed by atoms with Crippen molar-refractivity contribution in [3.63, 3.8) is 0 Å². The van der Waals surface area contributed by atoms with Crippen LogP contribution >= 0.6 is 0 Å². The second-order valence-corrected chi connectivity index (χ2v) is 13.9. The van der Waals surface area contributed by atoms with Crippen LogP contribution in [0, 0.1) is 6.92 Å². The lowest BCUT2D eigenvalue weighted by molar-refractivity contribution is -0.157. The van der Waals surface area contributed by atoms with Gasteiger partial charge in [0, 0.05) is 42.7 Å². The molecule has 2 aliphatic rings. The highest BCUT2D eigenvalue weighted by Crippen LogP contribution is 2.46. The van der Waals surface area contributed by atoms with E-state index in [1.165, 1.54) is 11.9 Å². The van der Waals surface area contributed by atoms with Crippen LogP contribution in [0.3, 0.4) is 0 Å². The molecule has 53 heavy (non-hydrogen) atoms. The van der Waals surface area contributed by atoms with Crippen LogP contribution < -0.4 is 0 Å². The van der Waals surface area contributed by atoms with Gasteiger partial charge in [-0.3, -0.25) is 14.5 Å². The predicted octanol–water partition coefficient (Wildman–Crippen LogP) is 8.19. The van der Waals surface area contributed by atoms with E-state index in [0.717, 1.165) is 47.1 Å². The van der Waals surface area contributed by atoms with Gasteiger partial charge in [-0.05, 0) is 54.5 Å². The number of para-hydroxylation sites is 1. The van der Waals surface area contributed by atoms with E-state index in [1.54, 1.807) is 29.2 Å². The summed E-state index contributed by atoms with van der Waals surface area (Å²) in [5.74, 6) is -1.27. The first-order valence-corrected chi connectivity index (χ1v) is 18.3. The van der Waals surface area contributed by atoms with Crippen LogP contribution in [0.5, 0.6) is 5.75 Å². The number of likely N-dealkylation sites (N-methyl/N-ethyl adjacent to an activating group) is 1. The number of carbonyl (C=O) groups is 3. The zero-order valence-corrected chi connectivity index (χ0v) is 30.1. The van der Waals surface area contributed by atoms with E-state index in [0.29, 0.717) is 29.8 Å². The third kappa shape index (κ3) is 7.01. The molecule has 5 aromatic rings. The van der Waals surface area contributed by atoms with Crippen molar-refractivity contribution in [2.75, 3.05) is 26.7 Å². The smallest absolute Gasteiger partial charge is 0.410 e. The van der Waals surface area contributed by atoms with Gasteiger partial charge in [0.05, 0.1) is 6.42 Å². The number of phenols is 1. The Morgan fingerprint density at radius 2 is 1.32 bits per heavy atom. The van der Waals surface area contributed by atoms with Crippen LogP contribution in [0.25, 0.3) is 11.1 Å². The predicted molar refractivity (Wildman–Crippen MR) is 203 cm³/mol. The number of ether oxygens (including phenoxy) is 2. The highest BCUT2D eigenvalue weighted by atomic mass is 16.6. The molecule has 1 aliphatic heterocycles. The molecule has 1 fully saturated rings. The molecule has 0 saturated carbocycles. The molecule has 7 rings (SSSR count). The number of esters is 1. The summed E-state index contributed by atoms with van der Waals surface area (Å²) >= 11 is 0. The molecule has 0 radical (unpaired) electrons. The molecule has 1 unspecified atom stereocenters. The van der Waals surface area contributed by atoms with Crippen LogP contribution in [0.2, 0.25) is 0 Å². The van der Waals surface area contributed by atoms with E-state index in [1.807, 2.05) is 97.9 Å². The van der Waals surface area contributed by atoms with E-state index in [9.17, 15) is 19.5 Å². The van der Waals surface area contributed by atoms with Gasteiger partial charge in [0.2, 0.25) is 5.91 Å². The summed E-state index contributed by atoms with van der Waals surface area (Å²) in [4.78, 5) is 45.6. The van der Waals surface area contributed by atoms with Gasteiger partial charge in [0.15, 0.2) is 5.60 Å². The summed E-state index contributed by atoms with van der Waals surface area (Å²) in [6, 6.07) is 38.6. The lowest BCUT2D eigenvalue weighted by atomic mass is 9.79. The van der Waals surface area contributed by atoms with Crippen LogP contribution in [0.1, 0.15) is 65.0 Å². The van der Waals surface area contributed by atoms with Crippen molar-refractivity contribution in [2.45, 2.75) is 50.2 Å². The first kappa shape index (κ1) is 35.5. The number of amides is 2. The number of hydrogen-bond donors (Lipinski definition) is 1. The van der Waals surface area contributed by atoms with Gasteiger partial charge < -0.3 is 19.5 Å². The van der Waals surface area contributed by atoms with Gasteiger partial charge in [-0.2, -0.15) is 0 Å². The average Bonchev–Trinajstić information content (AvgIpc) is 3.52. The van der Waals surface area contributed by atoms with E-state index < -0.39 is 30.1 Å². The number of aromatic hydroxyl groups is 1. The number of nitrogens with zero attached hydrogens (tertiary/aromatic N) is 2. The van der Waals surface area contributed by atoms with Gasteiger partial charge in [-0.15, -0.1) is 0 Å². The number of piperidine rings is 1. The van der Waals surface area contributed by atoms with Crippen molar-refractivity contribution in [1.82, 2.24) is 9.80 Å². The Hall–Kier alpha value is -5.89. The largest absolute Gasteiger partial charge is 0.507 e. The minimum Gasteiger partial charge on any atom is -0.507 e. The third-order valence-electron chi connectivity index (χ3n) is 10.6. The van der Waals surface area contributed by atoms with Gasteiger partial charge >= 0.3 is 12.1 Å². The van der Waals surface area contributed by atoms with Gasteiger partial charge in [-0.1, -0.05) is 127 Å². The molecule has 8 nitrogen and oxygen atoms in total. The fraction of sp³-hybridized carbons (Fsp3) is 0.267. The molecule has 2 atom stereocenters. The molecule has 1 N–H and O–H groups in total. The second kappa shape index (κ2) is 15.4. The molecule has 5 aromatic carbocycles. The Morgan fingerprint density at radius 3 is 1.96 bits per heavy atom. The number of carbonyl (C=O) groups excluding carboxylic acids is 3. The number of hydrogen-bond acceptors (Lipinski definition) is 6. The number of likely N-dealkylation sites (tertiary alicyclic amines) is 1. The molecule has 1 saturated heterocycles. The Labute approximate surface area is 310 Å². The summed E-state index contributed by atoms with van der Waals surface area (Å²) in [6.45, 7) is 3.12. The van der Waals surface area contributed by atoms with Crippen molar-refractivity contribution in [3.8, 4) is 16.9 Å². The molecule has 270 valence electrons. The topological polar surface area (TPSA) is 96.4 Å². The molecular formula is C45H44N2O6. The maximum Gasteiger partial charge on any atom is 0.410 e. The number of aryl methyl sites for hydroxylation is 1. The minimum absolute atomic E-state index is 0.0542. The zero-order valence-electron chi connectivity index (χ0n) is 30.1. The first-order chi connectivity index (χ1) is 25.8. The van der Waals surface area contributed by atoms with Crippen LogP contribution in [-0.2, 0) is 24.7 Å². The fourth-order valence-electron chi connectivity index (χ4n) is 7.79. The molecule has 0 bridgehead atoms. The van der Waals surface area contributed by atoms with E-state index in [-0.39, 0.29) is 24.2 Å². The summed E-state index contributed by atoms with van der Waals surface area (Å²) in [7, 11) is 1.51. The molecule has 1 aliphatic carbocycles. The quantitative estimate of drug-likeness (QED) is 0.116.